The molecule has 6 nitrogen and oxygen atoms in total. The maximum atomic E-state index is 9.29. The van der Waals surface area contributed by atoms with Crippen LogP contribution in [-0.2, 0) is 21.8 Å². The quantitative estimate of drug-likeness (QED) is 0.926. The Morgan fingerprint density at radius 3 is 2.71 bits per heavy atom. The third-order valence-corrected chi connectivity index (χ3v) is 3.81. The van der Waals surface area contributed by atoms with Gasteiger partial charge in [-0.15, -0.1) is 10.2 Å². The lowest BCUT2D eigenvalue weighted by Crippen LogP contribution is -2.34. The molecule has 1 fully saturated rings. The van der Waals surface area contributed by atoms with Crippen LogP contribution in [0.5, 0.6) is 0 Å². The molecule has 2 aromatic rings. The van der Waals surface area contributed by atoms with Crippen LogP contribution in [-0.4, -0.2) is 39.2 Å². The molecule has 112 valence electrons. The molecular weight excluding hydrogens is 317 g/mol. The van der Waals surface area contributed by atoms with E-state index in [1.807, 2.05) is 0 Å². The summed E-state index contributed by atoms with van der Waals surface area (Å²) in [6, 6.07) is 5.11. The van der Waals surface area contributed by atoms with Crippen molar-refractivity contribution < 1.29 is 14.6 Å². The number of rotatable bonds is 4. The minimum absolute atomic E-state index is 0.130. The van der Waals surface area contributed by atoms with Crippen molar-refractivity contribution in [2.75, 3.05) is 13.2 Å². The predicted octanol–water partition coefficient (Wildman–Crippen LogP) is 1.85. The first-order valence-corrected chi connectivity index (χ1v) is 7.09. The number of aliphatic hydroxyl groups is 1. The molecule has 1 N–H and O–H groups in total. The van der Waals surface area contributed by atoms with Gasteiger partial charge in [-0.1, -0.05) is 29.3 Å². The maximum absolute atomic E-state index is 9.29. The van der Waals surface area contributed by atoms with Gasteiger partial charge in [0.2, 0.25) is 5.79 Å². The van der Waals surface area contributed by atoms with Gasteiger partial charge in [-0.05, 0) is 12.1 Å². The average molecular weight is 330 g/mol. The van der Waals surface area contributed by atoms with E-state index in [2.05, 4.69) is 10.2 Å². The van der Waals surface area contributed by atoms with Gasteiger partial charge in [0.05, 0.1) is 24.8 Å². The molecule has 0 amide bonds. The van der Waals surface area contributed by atoms with Crippen LogP contribution < -0.4 is 0 Å². The Hall–Kier alpha value is -1.18. The zero-order valence-corrected chi connectivity index (χ0v) is 12.5. The summed E-state index contributed by atoms with van der Waals surface area (Å²) in [7, 11) is 0. The number of hydrogen-bond acceptors (Lipinski definition) is 5. The van der Waals surface area contributed by atoms with E-state index in [-0.39, 0.29) is 13.2 Å². The van der Waals surface area contributed by atoms with Gasteiger partial charge in [-0.3, -0.25) is 0 Å². The topological polar surface area (TPSA) is 69.4 Å². The van der Waals surface area contributed by atoms with E-state index in [4.69, 9.17) is 32.7 Å². The monoisotopic (exact) mass is 329 g/mol. The summed E-state index contributed by atoms with van der Waals surface area (Å²) in [4.78, 5) is 0. The number of hydrogen-bond donors (Lipinski definition) is 1. The van der Waals surface area contributed by atoms with Crippen molar-refractivity contribution in [2.45, 2.75) is 18.4 Å². The Morgan fingerprint density at radius 2 is 2.10 bits per heavy atom. The molecule has 0 radical (unpaired) electrons. The molecule has 0 bridgehead atoms. The second kappa shape index (κ2) is 5.90. The number of aromatic nitrogens is 3. The summed E-state index contributed by atoms with van der Waals surface area (Å²) in [5.41, 5.74) is 0.651. The lowest BCUT2D eigenvalue weighted by atomic mass is 10.1. The highest BCUT2D eigenvalue weighted by molar-refractivity contribution is 6.35. The van der Waals surface area contributed by atoms with Crippen molar-refractivity contribution in [1.29, 1.82) is 0 Å². The molecule has 1 saturated heterocycles. The fourth-order valence-corrected chi connectivity index (χ4v) is 2.86. The normalized spacial score (nSPS) is 25.4. The summed E-state index contributed by atoms with van der Waals surface area (Å²) in [5, 5.41) is 17.8. The number of aliphatic hydroxyl groups excluding tert-OH is 1. The lowest BCUT2D eigenvalue weighted by Gasteiger charge is -2.29. The zero-order valence-electron chi connectivity index (χ0n) is 10.9. The first kappa shape index (κ1) is 14.7. The maximum Gasteiger partial charge on any atom is 0.215 e. The van der Waals surface area contributed by atoms with Crippen molar-refractivity contribution in [3.8, 4) is 0 Å². The molecule has 3 rings (SSSR count). The minimum Gasteiger partial charge on any atom is -0.394 e. The summed E-state index contributed by atoms with van der Waals surface area (Å²) in [6.07, 6.45) is 2.71. The third-order valence-electron chi connectivity index (χ3n) is 3.26. The summed E-state index contributed by atoms with van der Waals surface area (Å²) >= 11 is 12.2. The number of halogens is 2. The first-order chi connectivity index (χ1) is 10.1. The van der Waals surface area contributed by atoms with Crippen LogP contribution in [0.2, 0.25) is 10.0 Å². The van der Waals surface area contributed by atoms with Crippen molar-refractivity contribution in [1.82, 2.24) is 14.8 Å². The van der Waals surface area contributed by atoms with Crippen LogP contribution in [0, 0.1) is 0 Å². The highest BCUT2D eigenvalue weighted by Gasteiger charge is 2.44. The van der Waals surface area contributed by atoms with Crippen molar-refractivity contribution in [3.05, 3.63) is 46.5 Å². The van der Waals surface area contributed by atoms with E-state index >= 15 is 0 Å². The summed E-state index contributed by atoms with van der Waals surface area (Å²) in [5.74, 6) is -1.10. The first-order valence-electron chi connectivity index (χ1n) is 6.33. The van der Waals surface area contributed by atoms with Gasteiger partial charge >= 0.3 is 0 Å². The number of benzene rings is 1. The number of nitrogens with zero attached hydrogens (tertiary/aromatic N) is 3. The molecule has 1 aromatic heterocycles. The predicted molar refractivity (Wildman–Crippen MR) is 76.1 cm³/mol. The summed E-state index contributed by atoms with van der Waals surface area (Å²) in [6.45, 7) is 0.463. The lowest BCUT2D eigenvalue weighted by molar-refractivity contribution is -0.189. The second-order valence-corrected chi connectivity index (χ2v) is 5.59. The van der Waals surface area contributed by atoms with E-state index in [0.717, 1.165) is 0 Å². The van der Waals surface area contributed by atoms with Crippen LogP contribution in [0.25, 0.3) is 0 Å². The minimum atomic E-state index is -1.10. The Balaban J connectivity index is 1.99. The van der Waals surface area contributed by atoms with Gasteiger partial charge in [-0.2, -0.15) is 0 Å². The van der Waals surface area contributed by atoms with Crippen LogP contribution in [0.15, 0.2) is 30.9 Å². The van der Waals surface area contributed by atoms with E-state index < -0.39 is 11.9 Å². The molecule has 0 saturated carbocycles. The molecule has 0 unspecified atom stereocenters. The van der Waals surface area contributed by atoms with Crippen molar-refractivity contribution in [2.24, 2.45) is 0 Å². The molecule has 0 aliphatic carbocycles. The Kier molecular flexibility index (Phi) is 4.14. The molecule has 1 aromatic carbocycles. The van der Waals surface area contributed by atoms with Crippen LogP contribution in [0.4, 0.5) is 0 Å². The molecule has 0 spiro atoms. The van der Waals surface area contributed by atoms with E-state index in [9.17, 15) is 5.11 Å². The van der Waals surface area contributed by atoms with Crippen molar-refractivity contribution in [3.63, 3.8) is 0 Å². The Labute approximate surface area is 131 Å². The van der Waals surface area contributed by atoms with Crippen molar-refractivity contribution >= 4 is 23.2 Å². The van der Waals surface area contributed by atoms with Crippen LogP contribution >= 0.6 is 23.2 Å². The molecule has 1 aliphatic heterocycles. The SMILES string of the molecule is OC[C@H]1CO[C@](Cn2cnnc2)(c2ccc(Cl)cc2Cl)O1. The summed E-state index contributed by atoms with van der Waals surface area (Å²) < 4.78 is 13.5. The van der Waals surface area contributed by atoms with E-state index in [0.29, 0.717) is 22.2 Å². The van der Waals surface area contributed by atoms with Crippen LogP contribution in [0.3, 0.4) is 0 Å². The standard InChI is InChI=1S/C13H13Cl2N3O3/c14-9-1-2-11(12(15)3-9)13(6-18-7-16-17-8-18)20-5-10(4-19)21-13/h1-3,7-8,10,19H,4-6H2/t10-,13-/m0/s1. The van der Waals surface area contributed by atoms with E-state index in [1.165, 1.54) is 0 Å². The van der Waals surface area contributed by atoms with Gasteiger partial charge in [0.25, 0.3) is 0 Å². The second-order valence-electron chi connectivity index (χ2n) is 4.74. The zero-order chi connectivity index (χ0) is 14.9. The molecular formula is C13H13Cl2N3O3. The largest absolute Gasteiger partial charge is 0.394 e. The number of ether oxygens (including phenoxy) is 2. The fourth-order valence-electron chi connectivity index (χ4n) is 2.31. The van der Waals surface area contributed by atoms with Gasteiger partial charge in [0.15, 0.2) is 0 Å². The van der Waals surface area contributed by atoms with E-state index in [1.54, 1.807) is 35.4 Å². The Morgan fingerprint density at radius 1 is 1.33 bits per heavy atom. The molecule has 8 heteroatoms. The molecule has 21 heavy (non-hydrogen) atoms. The molecule has 2 atom stereocenters. The van der Waals surface area contributed by atoms with Gasteiger partial charge < -0.3 is 19.1 Å². The fraction of sp³-hybridized carbons (Fsp3) is 0.385. The van der Waals surface area contributed by atoms with Gasteiger partial charge in [0, 0.05) is 10.6 Å². The Bertz CT molecular complexity index is 623. The highest BCUT2D eigenvalue weighted by Crippen LogP contribution is 2.40. The smallest absolute Gasteiger partial charge is 0.215 e. The van der Waals surface area contributed by atoms with Gasteiger partial charge in [0.1, 0.15) is 18.8 Å². The average Bonchev–Trinajstić information content (AvgIpc) is 3.09. The van der Waals surface area contributed by atoms with Gasteiger partial charge in [-0.25, -0.2) is 0 Å². The van der Waals surface area contributed by atoms with Crippen LogP contribution in [0.1, 0.15) is 5.56 Å². The highest BCUT2D eigenvalue weighted by atomic mass is 35.5. The third kappa shape index (κ3) is 2.90. The molecule has 1 aliphatic rings. The molecule has 2 heterocycles.